The Morgan fingerprint density at radius 3 is 2.57 bits per heavy atom. The van der Waals surface area contributed by atoms with Crippen molar-refractivity contribution in [2.75, 3.05) is 18.0 Å². The number of phenols is 1. The number of Topliss-reactive ketones (excluding diaryl/α,β-unsaturated/α-hetero) is 1. The van der Waals surface area contributed by atoms with Crippen LogP contribution in [0.25, 0.3) is 6.08 Å². The smallest absolute Gasteiger partial charge is 0.225 e. The topological polar surface area (TPSA) is 66.3 Å². The van der Waals surface area contributed by atoms with Crippen LogP contribution >= 0.6 is 0 Å². The summed E-state index contributed by atoms with van der Waals surface area (Å²) in [4.78, 5) is 23.4. The van der Waals surface area contributed by atoms with Gasteiger partial charge in [0.15, 0.2) is 5.78 Å². The van der Waals surface area contributed by atoms with Gasteiger partial charge in [0.1, 0.15) is 5.75 Å². The van der Waals surface area contributed by atoms with Gasteiger partial charge in [0, 0.05) is 54.2 Å². The summed E-state index contributed by atoms with van der Waals surface area (Å²) in [5.74, 6) is 0.905. The molecule has 0 bridgehead atoms. The minimum Gasteiger partial charge on any atom is -0.508 e. The van der Waals surface area contributed by atoms with E-state index < -0.39 is 0 Å². The molecule has 5 heteroatoms. The lowest BCUT2D eigenvalue weighted by atomic mass is 10.1. The molecule has 1 aromatic heterocycles. The largest absolute Gasteiger partial charge is 0.508 e. The first-order valence-electron chi connectivity index (χ1n) is 7.85. The Balaban J connectivity index is 1.59. The summed E-state index contributed by atoms with van der Waals surface area (Å²) in [5, 5.41) is 9.88. The molecule has 0 spiro atoms. The average molecular weight is 307 g/mol. The molecule has 1 aliphatic carbocycles. The third kappa shape index (κ3) is 2.48. The lowest BCUT2D eigenvalue weighted by Crippen LogP contribution is -2.20. The quantitative estimate of drug-likeness (QED) is 0.864. The molecular formula is C18H17N3O2. The first kappa shape index (κ1) is 13.9. The van der Waals surface area contributed by atoms with Gasteiger partial charge in [0.25, 0.3) is 0 Å². The monoisotopic (exact) mass is 307 g/mol. The average Bonchev–Trinajstić information content (AvgIpc) is 3.19. The van der Waals surface area contributed by atoms with Crippen LogP contribution in [0.15, 0.2) is 36.2 Å². The van der Waals surface area contributed by atoms with Gasteiger partial charge in [-0.15, -0.1) is 0 Å². The Morgan fingerprint density at radius 2 is 1.87 bits per heavy atom. The number of aromatic nitrogens is 2. The first-order chi connectivity index (χ1) is 11.2. The van der Waals surface area contributed by atoms with Gasteiger partial charge in [-0.2, -0.15) is 0 Å². The second-order valence-electron chi connectivity index (χ2n) is 5.99. The normalized spacial score (nSPS) is 18.7. The lowest BCUT2D eigenvalue weighted by molar-refractivity contribution is 0.104. The van der Waals surface area contributed by atoms with Gasteiger partial charge in [0.05, 0.1) is 0 Å². The summed E-state index contributed by atoms with van der Waals surface area (Å²) in [6.07, 6.45) is 8.15. The number of aromatic hydroxyl groups is 1. The molecular weight excluding hydrogens is 290 g/mol. The summed E-state index contributed by atoms with van der Waals surface area (Å²) < 4.78 is 0. The van der Waals surface area contributed by atoms with Crippen molar-refractivity contribution in [1.82, 2.24) is 9.97 Å². The van der Waals surface area contributed by atoms with E-state index in [0.717, 1.165) is 24.6 Å². The van der Waals surface area contributed by atoms with Crippen LogP contribution in [0.5, 0.6) is 5.75 Å². The van der Waals surface area contributed by atoms with Gasteiger partial charge >= 0.3 is 0 Å². The Bertz CT molecular complexity index is 790. The molecule has 2 aromatic rings. The van der Waals surface area contributed by atoms with Crippen LogP contribution in [-0.2, 0) is 6.42 Å². The summed E-state index contributed by atoms with van der Waals surface area (Å²) >= 11 is 0. The van der Waals surface area contributed by atoms with E-state index in [1.54, 1.807) is 30.6 Å². The minimum absolute atomic E-state index is 0.0282. The van der Waals surface area contributed by atoms with Crippen LogP contribution in [0, 0.1) is 0 Å². The fourth-order valence-corrected chi connectivity index (χ4v) is 3.22. The molecule has 1 N–H and O–H groups in total. The zero-order chi connectivity index (χ0) is 15.8. The standard InChI is InChI=1S/C18H17N3O2/c22-16-5-3-4-14-15(16)9-13(17(14)23)8-12-10-19-18(20-11-12)21-6-1-2-7-21/h3-5,8,10-11,22H,1-2,6-7,9H2. The van der Waals surface area contributed by atoms with Gasteiger partial charge < -0.3 is 10.0 Å². The molecule has 1 aliphatic heterocycles. The van der Waals surface area contributed by atoms with E-state index in [1.165, 1.54) is 12.8 Å². The van der Waals surface area contributed by atoms with Crippen LogP contribution in [0.2, 0.25) is 0 Å². The summed E-state index contributed by atoms with van der Waals surface area (Å²) in [6, 6.07) is 5.07. The Labute approximate surface area is 134 Å². The van der Waals surface area contributed by atoms with Crippen molar-refractivity contribution in [3.05, 3.63) is 52.9 Å². The van der Waals surface area contributed by atoms with Crippen molar-refractivity contribution in [3.63, 3.8) is 0 Å². The predicted molar refractivity (Wildman–Crippen MR) is 87.6 cm³/mol. The predicted octanol–water partition coefficient (Wildman–Crippen LogP) is 2.60. The van der Waals surface area contributed by atoms with Crippen LogP contribution in [0.3, 0.4) is 0 Å². The summed E-state index contributed by atoms with van der Waals surface area (Å²) in [7, 11) is 0. The fourth-order valence-electron chi connectivity index (χ4n) is 3.22. The molecule has 0 saturated carbocycles. The van der Waals surface area contributed by atoms with Crippen molar-refractivity contribution < 1.29 is 9.90 Å². The highest BCUT2D eigenvalue weighted by Crippen LogP contribution is 2.33. The van der Waals surface area contributed by atoms with E-state index >= 15 is 0 Å². The number of hydrogen-bond donors (Lipinski definition) is 1. The Morgan fingerprint density at radius 1 is 1.13 bits per heavy atom. The number of ketones is 1. The van der Waals surface area contributed by atoms with E-state index in [9.17, 15) is 9.90 Å². The molecule has 0 unspecified atom stereocenters. The van der Waals surface area contributed by atoms with Crippen LogP contribution < -0.4 is 4.90 Å². The van der Waals surface area contributed by atoms with Crippen molar-refractivity contribution >= 4 is 17.8 Å². The van der Waals surface area contributed by atoms with Crippen molar-refractivity contribution in [2.45, 2.75) is 19.3 Å². The second-order valence-corrected chi connectivity index (χ2v) is 5.99. The number of hydrogen-bond acceptors (Lipinski definition) is 5. The fraction of sp³-hybridized carbons (Fsp3) is 0.278. The molecule has 23 heavy (non-hydrogen) atoms. The van der Waals surface area contributed by atoms with E-state index in [1.807, 2.05) is 6.08 Å². The number of phenolic OH excluding ortho intramolecular Hbond substituents is 1. The Hall–Kier alpha value is -2.69. The molecule has 0 radical (unpaired) electrons. The van der Waals surface area contributed by atoms with Gasteiger partial charge in [-0.05, 0) is 25.0 Å². The van der Waals surface area contributed by atoms with E-state index in [-0.39, 0.29) is 11.5 Å². The number of anilines is 1. The molecule has 116 valence electrons. The number of allylic oxidation sites excluding steroid dienone is 1. The zero-order valence-electron chi connectivity index (χ0n) is 12.7. The molecule has 1 aromatic carbocycles. The highest BCUT2D eigenvalue weighted by molar-refractivity contribution is 6.16. The first-order valence-corrected chi connectivity index (χ1v) is 7.85. The number of nitrogens with zero attached hydrogens (tertiary/aromatic N) is 3. The molecule has 1 saturated heterocycles. The maximum atomic E-state index is 12.4. The van der Waals surface area contributed by atoms with Gasteiger partial charge in [-0.1, -0.05) is 12.1 Å². The molecule has 5 nitrogen and oxygen atoms in total. The highest BCUT2D eigenvalue weighted by Gasteiger charge is 2.26. The molecule has 2 aliphatic rings. The SMILES string of the molecule is O=C1C(=Cc2cnc(N3CCCC3)nc2)Cc2c(O)cccc21. The molecule has 0 atom stereocenters. The van der Waals surface area contributed by atoms with Crippen LogP contribution in [0.1, 0.15) is 34.3 Å². The number of benzene rings is 1. The number of carbonyl (C=O) groups excluding carboxylic acids is 1. The van der Waals surface area contributed by atoms with Gasteiger partial charge in [-0.25, -0.2) is 9.97 Å². The third-order valence-electron chi connectivity index (χ3n) is 4.44. The third-order valence-corrected chi connectivity index (χ3v) is 4.44. The van der Waals surface area contributed by atoms with Gasteiger partial charge in [-0.3, -0.25) is 4.79 Å². The van der Waals surface area contributed by atoms with Crippen molar-refractivity contribution in [3.8, 4) is 5.75 Å². The summed E-state index contributed by atoms with van der Waals surface area (Å²) in [5.41, 5.74) is 2.77. The minimum atomic E-state index is -0.0282. The summed E-state index contributed by atoms with van der Waals surface area (Å²) in [6.45, 7) is 2.01. The number of carbonyl (C=O) groups is 1. The van der Waals surface area contributed by atoms with E-state index in [0.29, 0.717) is 23.1 Å². The van der Waals surface area contributed by atoms with Gasteiger partial charge in [0.2, 0.25) is 5.95 Å². The molecule has 1 fully saturated rings. The molecule has 2 heterocycles. The Kier molecular flexibility index (Phi) is 3.33. The zero-order valence-corrected chi connectivity index (χ0v) is 12.7. The molecule has 4 rings (SSSR count). The highest BCUT2D eigenvalue weighted by atomic mass is 16.3. The maximum absolute atomic E-state index is 12.4. The number of fused-ring (bicyclic) bond motifs is 1. The molecule has 0 amide bonds. The number of rotatable bonds is 2. The van der Waals surface area contributed by atoms with Crippen molar-refractivity contribution in [1.29, 1.82) is 0 Å². The van der Waals surface area contributed by atoms with E-state index in [2.05, 4.69) is 14.9 Å². The lowest BCUT2D eigenvalue weighted by Gasteiger charge is -2.14. The maximum Gasteiger partial charge on any atom is 0.225 e. The van der Waals surface area contributed by atoms with Crippen LogP contribution in [0.4, 0.5) is 5.95 Å². The van der Waals surface area contributed by atoms with Crippen LogP contribution in [-0.4, -0.2) is 33.9 Å². The van der Waals surface area contributed by atoms with E-state index in [4.69, 9.17) is 0 Å². The van der Waals surface area contributed by atoms with Crippen molar-refractivity contribution in [2.24, 2.45) is 0 Å². The second kappa shape index (κ2) is 5.50.